The van der Waals surface area contributed by atoms with Crippen LogP contribution in [0.4, 0.5) is 0 Å². The van der Waals surface area contributed by atoms with E-state index in [4.69, 9.17) is 8.90 Å². The molecule has 0 amide bonds. The summed E-state index contributed by atoms with van der Waals surface area (Å²) in [4.78, 5) is 0. The van der Waals surface area contributed by atoms with Crippen LogP contribution in [0.1, 0.15) is 0 Å². The van der Waals surface area contributed by atoms with E-state index in [0.717, 1.165) is 5.75 Å². The minimum atomic E-state index is 0. The Bertz CT molecular complexity index is 192. The van der Waals surface area contributed by atoms with Gasteiger partial charge < -0.3 is 8.90 Å². The van der Waals surface area contributed by atoms with E-state index in [0.29, 0.717) is 0 Å². The van der Waals surface area contributed by atoms with E-state index in [1.54, 1.807) is 24.3 Å². The second-order valence-electron chi connectivity index (χ2n) is 1.61. The zero-order chi connectivity index (χ0) is 6.69. The minimum Gasteiger partial charge on any atom is -0.654 e. The minimum absolute atomic E-state index is 0. The van der Waals surface area contributed by atoms with Gasteiger partial charge in [0.2, 0.25) is 0 Å². The first-order valence-electron chi connectivity index (χ1n) is 2.48. The molecule has 2 nitrogen and oxygen atoms in total. The largest absolute Gasteiger partial charge is 0.654 e. The van der Waals surface area contributed by atoms with Crippen molar-refractivity contribution in [3.63, 3.8) is 0 Å². The Kier molecular flexibility index (Phi) is 10.6. The van der Waals surface area contributed by atoms with Gasteiger partial charge in [0.1, 0.15) is 5.75 Å². The third-order valence-corrected chi connectivity index (χ3v) is 1.24. The van der Waals surface area contributed by atoms with Gasteiger partial charge in [-0.2, -0.15) is 0 Å². The Balaban J connectivity index is 0. The molecule has 0 aliphatic carbocycles. The standard InChI is InChI=1S/C6H6O2.Al.Dy.Re/c7-5-1-2-6(8)4-3-5;;;/h1-4,7-8H;;;/q;+1;;/p-1. The van der Waals surface area contributed by atoms with Gasteiger partial charge in [0.25, 0.3) is 0 Å². The summed E-state index contributed by atoms with van der Waals surface area (Å²) in [6.07, 6.45) is 0. The van der Waals surface area contributed by atoms with Crippen molar-refractivity contribution in [1.82, 2.24) is 0 Å². The van der Waals surface area contributed by atoms with E-state index in [1.165, 1.54) is 0 Å². The molecule has 0 spiro atoms. The summed E-state index contributed by atoms with van der Waals surface area (Å²) in [5.41, 5.74) is 0. The molecule has 0 heterocycles. The maximum Gasteiger partial charge on any atom is 0.482 e. The monoisotopic (exact) mass is 487 g/mol. The molecule has 3 radical (unpaired) electrons. The Hall–Kier alpha value is 1.29. The fourth-order valence-corrected chi connectivity index (χ4v) is 0.682. The van der Waals surface area contributed by atoms with Crippen LogP contribution in [0.5, 0.6) is 11.5 Å². The SMILES string of the molecule is Oc1ccc([O][Al])cc1.[Dy].[Re]. The molecular weight excluding hydrogens is 480 g/mol. The molecule has 1 aromatic rings. The zero-order valence-corrected chi connectivity index (χ0v) is 11.3. The first kappa shape index (κ1) is 14.8. The van der Waals surface area contributed by atoms with Crippen LogP contribution in [0.2, 0.25) is 0 Å². The van der Waals surface area contributed by atoms with Gasteiger partial charge in [0.15, 0.2) is 0 Å². The van der Waals surface area contributed by atoms with Crippen molar-refractivity contribution in [1.29, 1.82) is 0 Å². The van der Waals surface area contributed by atoms with Crippen LogP contribution in [-0.2, 0) is 20.4 Å². The number of hydrogen-bond donors (Lipinski definition) is 1. The first-order chi connectivity index (χ1) is 4.33. The normalized spacial score (nSPS) is 7.27. The fourth-order valence-electron chi connectivity index (χ4n) is 0.525. The topological polar surface area (TPSA) is 29.5 Å². The quantitative estimate of drug-likeness (QED) is 0.599. The van der Waals surface area contributed by atoms with Gasteiger partial charge >= 0.3 is 16.6 Å². The van der Waals surface area contributed by atoms with E-state index in [2.05, 4.69) is 16.6 Å². The Morgan fingerprint density at radius 3 is 2.00 bits per heavy atom. The summed E-state index contributed by atoms with van der Waals surface area (Å²) < 4.78 is 4.77. The van der Waals surface area contributed by atoms with Crippen LogP contribution in [0.25, 0.3) is 0 Å². The number of phenolic OH excluding ortho intramolecular Hbond substituents is 1. The average Bonchev–Trinajstić information content (AvgIpc) is 1.90. The van der Waals surface area contributed by atoms with E-state index in [-0.39, 0.29) is 64.3 Å². The van der Waals surface area contributed by atoms with Crippen molar-refractivity contribution in [3.8, 4) is 11.5 Å². The van der Waals surface area contributed by atoms with Gasteiger partial charge in [-0.1, -0.05) is 0 Å². The van der Waals surface area contributed by atoms with Crippen molar-refractivity contribution >= 4 is 16.6 Å². The molecule has 0 fully saturated rings. The van der Waals surface area contributed by atoms with Crippen LogP contribution >= 0.6 is 0 Å². The molecule has 0 unspecified atom stereocenters. The van der Waals surface area contributed by atoms with Gasteiger partial charge in [0.05, 0.1) is 5.75 Å². The maximum absolute atomic E-state index is 8.79. The maximum atomic E-state index is 8.79. The van der Waals surface area contributed by atoms with Gasteiger partial charge in [-0.25, -0.2) is 0 Å². The summed E-state index contributed by atoms with van der Waals surface area (Å²) >= 11 is 2.13. The van der Waals surface area contributed by atoms with Crippen LogP contribution in [0, 0.1) is 38.2 Å². The predicted octanol–water partition coefficient (Wildman–Crippen LogP) is 0.852. The number of benzene rings is 1. The number of rotatable bonds is 1. The summed E-state index contributed by atoms with van der Waals surface area (Å²) in [5.74, 6) is 0.971. The summed E-state index contributed by atoms with van der Waals surface area (Å²) in [5, 5.41) is 8.79. The van der Waals surface area contributed by atoms with Gasteiger partial charge in [-0.3, -0.25) is 0 Å². The molecule has 0 aliphatic heterocycles. The molecule has 5 heteroatoms. The molecule has 11 heavy (non-hydrogen) atoms. The molecule has 61 valence electrons. The molecule has 0 saturated heterocycles. The van der Waals surface area contributed by atoms with Crippen LogP contribution < -0.4 is 3.79 Å². The number of aromatic hydroxyl groups is 1. The third-order valence-electron chi connectivity index (χ3n) is 0.973. The summed E-state index contributed by atoms with van der Waals surface area (Å²) in [6.45, 7) is 0. The molecule has 0 bridgehead atoms. The first-order valence-corrected chi connectivity index (χ1v) is 2.96. The fraction of sp³-hybridized carbons (Fsp3) is 0. The second-order valence-corrected chi connectivity index (χ2v) is 1.85. The van der Waals surface area contributed by atoms with Gasteiger partial charge in [0, 0.05) is 58.6 Å². The molecule has 0 aromatic heterocycles. The van der Waals surface area contributed by atoms with E-state index < -0.39 is 0 Å². The van der Waals surface area contributed by atoms with Crippen molar-refractivity contribution in [3.05, 3.63) is 24.3 Å². The molecule has 1 rings (SSSR count). The smallest absolute Gasteiger partial charge is 0.482 e. The van der Waals surface area contributed by atoms with Crippen molar-refractivity contribution < 1.29 is 67.5 Å². The Morgan fingerprint density at radius 1 is 1.18 bits per heavy atom. The third kappa shape index (κ3) is 5.51. The van der Waals surface area contributed by atoms with Gasteiger partial charge in [-0.05, 0) is 24.3 Å². The van der Waals surface area contributed by atoms with Crippen LogP contribution in [-0.4, -0.2) is 21.7 Å². The van der Waals surface area contributed by atoms with Crippen molar-refractivity contribution in [2.24, 2.45) is 0 Å². The Labute approximate surface area is 118 Å². The second kappa shape index (κ2) is 7.91. The zero-order valence-electron chi connectivity index (χ0n) is 5.44. The summed E-state index contributed by atoms with van der Waals surface area (Å²) in [6, 6.07) is 6.50. The number of phenols is 1. The van der Waals surface area contributed by atoms with Crippen molar-refractivity contribution in [2.45, 2.75) is 0 Å². The molecule has 1 aromatic carbocycles. The van der Waals surface area contributed by atoms with E-state index >= 15 is 0 Å². The molecular formula is C6H5AlDyO2Re. The number of hydrogen-bond acceptors (Lipinski definition) is 2. The van der Waals surface area contributed by atoms with Crippen molar-refractivity contribution in [2.75, 3.05) is 0 Å². The van der Waals surface area contributed by atoms with Crippen LogP contribution in [0.3, 0.4) is 0 Å². The van der Waals surface area contributed by atoms with Gasteiger partial charge in [-0.15, -0.1) is 0 Å². The van der Waals surface area contributed by atoms with Crippen LogP contribution in [0.15, 0.2) is 24.3 Å². The molecule has 1 N–H and O–H groups in total. The Morgan fingerprint density at radius 2 is 1.64 bits per heavy atom. The predicted molar refractivity (Wildman–Crippen MR) is 34.5 cm³/mol. The molecule has 0 atom stereocenters. The average molecular weight is 485 g/mol. The molecule has 0 saturated carbocycles. The van der Waals surface area contributed by atoms with E-state index in [1.807, 2.05) is 0 Å². The molecule has 0 aliphatic rings. The van der Waals surface area contributed by atoms with E-state index in [9.17, 15) is 0 Å². The summed E-state index contributed by atoms with van der Waals surface area (Å²) in [7, 11) is 0.